The Labute approximate surface area is 115 Å². The maximum atomic E-state index is 11.9. The normalized spacial score (nSPS) is 20.6. The van der Waals surface area contributed by atoms with Gasteiger partial charge in [-0.3, -0.25) is 19.7 Å². The summed E-state index contributed by atoms with van der Waals surface area (Å²) in [6.07, 6.45) is 0.725. The number of piperidine rings is 1. The van der Waals surface area contributed by atoms with Crippen molar-refractivity contribution in [1.82, 2.24) is 20.9 Å². The van der Waals surface area contributed by atoms with Crippen LogP contribution < -0.4 is 21.7 Å². The van der Waals surface area contributed by atoms with Gasteiger partial charge in [0.1, 0.15) is 5.54 Å². The number of hydrogen-bond acceptors (Lipinski definition) is 5. The molecule has 9 nitrogen and oxygen atoms in total. The lowest BCUT2D eigenvalue weighted by Gasteiger charge is -2.37. The van der Waals surface area contributed by atoms with Crippen LogP contribution in [0.15, 0.2) is 0 Å². The molecule has 0 unspecified atom stereocenters. The van der Waals surface area contributed by atoms with E-state index in [1.54, 1.807) is 4.90 Å². The van der Waals surface area contributed by atoms with Crippen LogP contribution >= 0.6 is 0 Å². The minimum absolute atomic E-state index is 0.110. The smallest absolute Gasteiger partial charge is 0.322 e. The largest absolute Gasteiger partial charge is 0.346 e. The van der Waals surface area contributed by atoms with Gasteiger partial charge in [0.05, 0.1) is 13.1 Å². The first-order valence-electron chi connectivity index (χ1n) is 6.35. The highest BCUT2D eigenvalue weighted by molar-refractivity contribution is 6.07. The molecule has 0 atom stereocenters. The molecule has 9 heteroatoms. The molecule has 2 aliphatic heterocycles. The van der Waals surface area contributed by atoms with E-state index in [9.17, 15) is 19.2 Å². The molecule has 0 aliphatic carbocycles. The van der Waals surface area contributed by atoms with Crippen molar-refractivity contribution in [2.45, 2.75) is 18.4 Å². The summed E-state index contributed by atoms with van der Waals surface area (Å²) in [7, 11) is 0. The summed E-state index contributed by atoms with van der Waals surface area (Å²) in [6.45, 7) is 0.431. The Morgan fingerprint density at radius 1 is 1.30 bits per heavy atom. The zero-order valence-corrected chi connectivity index (χ0v) is 10.9. The van der Waals surface area contributed by atoms with E-state index in [0.29, 0.717) is 25.9 Å². The lowest BCUT2D eigenvalue weighted by molar-refractivity contribution is -0.136. The standard InChI is InChI=1S/C11H17N5O4/c12-5-7(17)13-6-8(18)16-3-1-11(2-4-16)9(19)14-10(20)15-11/h1-6,12H2,(H,13,17)(H2,14,15,19,20). The number of nitrogens with two attached hydrogens (primary N) is 1. The summed E-state index contributed by atoms with van der Waals surface area (Å²) in [5.74, 6) is -0.966. The number of carbonyl (C=O) groups excluding carboxylic acids is 4. The van der Waals surface area contributed by atoms with Crippen molar-refractivity contribution in [3.63, 3.8) is 0 Å². The molecule has 5 N–H and O–H groups in total. The number of likely N-dealkylation sites (tertiary alicyclic amines) is 1. The fourth-order valence-electron chi connectivity index (χ4n) is 2.38. The van der Waals surface area contributed by atoms with Gasteiger partial charge in [-0.15, -0.1) is 0 Å². The van der Waals surface area contributed by atoms with E-state index in [1.165, 1.54) is 0 Å². The Kier molecular flexibility index (Phi) is 3.89. The van der Waals surface area contributed by atoms with E-state index >= 15 is 0 Å². The average Bonchev–Trinajstić information content (AvgIpc) is 2.70. The molecule has 20 heavy (non-hydrogen) atoms. The molecular weight excluding hydrogens is 266 g/mol. The number of amides is 5. The number of imide groups is 1. The fourth-order valence-corrected chi connectivity index (χ4v) is 2.38. The van der Waals surface area contributed by atoms with E-state index in [0.717, 1.165) is 0 Å². The first kappa shape index (κ1) is 14.3. The maximum Gasteiger partial charge on any atom is 0.322 e. The number of carbonyl (C=O) groups is 4. The van der Waals surface area contributed by atoms with Crippen molar-refractivity contribution in [1.29, 1.82) is 0 Å². The van der Waals surface area contributed by atoms with Crippen molar-refractivity contribution < 1.29 is 19.2 Å². The summed E-state index contributed by atoms with van der Waals surface area (Å²) < 4.78 is 0. The van der Waals surface area contributed by atoms with Crippen LogP contribution in [0, 0.1) is 0 Å². The van der Waals surface area contributed by atoms with Gasteiger partial charge in [0.25, 0.3) is 5.91 Å². The fraction of sp³-hybridized carbons (Fsp3) is 0.636. The van der Waals surface area contributed by atoms with E-state index in [4.69, 9.17) is 5.73 Å². The number of hydrogen-bond donors (Lipinski definition) is 4. The van der Waals surface area contributed by atoms with Crippen molar-refractivity contribution in [3.8, 4) is 0 Å². The third-order valence-corrected chi connectivity index (χ3v) is 3.61. The molecule has 2 saturated heterocycles. The van der Waals surface area contributed by atoms with Gasteiger partial charge in [-0.25, -0.2) is 4.79 Å². The highest BCUT2D eigenvalue weighted by Gasteiger charge is 2.48. The minimum Gasteiger partial charge on any atom is -0.346 e. The van der Waals surface area contributed by atoms with Gasteiger partial charge in [-0.1, -0.05) is 0 Å². The second kappa shape index (κ2) is 5.45. The Morgan fingerprint density at radius 3 is 2.45 bits per heavy atom. The Balaban J connectivity index is 1.85. The molecule has 0 saturated carbocycles. The molecule has 110 valence electrons. The van der Waals surface area contributed by atoms with E-state index < -0.39 is 17.5 Å². The highest BCUT2D eigenvalue weighted by Crippen LogP contribution is 2.25. The molecule has 0 aromatic rings. The summed E-state index contributed by atoms with van der Waals surface area (Å²) in [5, 5.41) is 7.22. The number of nitrogens with zero attached hydrogens (tertiary/aromatic N) is 1. The minimum atomic E-state index is -0.894. The predicted molar refractivity (Wildman–Crippen MR) is 67.3 cm³/mol. The highest BCUT2D eigenvalue weighted by atomic mass is 16.2. The predicted octanol–water partition coefficient (Wildman–Crippen LogP) is -2.74. The maximum absolute atomic E-state index is 11.9. The van der Waals surface area contributed by atoms with Crippen LogP contribution in [-0.4, -0.2) is 60.4 Å². The van der Waals surface area contributed by atoms with Crippen molar-refractivity contribution in [2.24, 2.45) is 5.73 Å². The van der Waals surface area contributed by atoms with Crippen molar-refractivity contribution in [3.05, 3.63) is 0 Å². The molecule has 0 bridgehead atoms. The molecule has 2 fully saturated rings. The van der Waals surface area contributed by atoms with Crippen LogP contribution in [0.2, 0.25) is 0 Å². The van der Waals surface area contributed by atoms with Gasteiger partial charge in [0.15, 0.2) is 0 Å². The van der Waals surface area contributed by atoms with Gasteiger partial charge in [-0.05, 0) is 12.8 Å². The van der Waals surface area contributed by atoms with Crippen LogP contribution in [0.5, 0.6) is 0 Å². The van der Waals surface area contributed by atoms with Gasteiger partial charge in [0, 0.05) is 13.1 Å². The van der Waals surface area contributed by atoms with Crippen LogP contribution in [-0.2, 0) is 14.4 Å². The van der Waals surface area contributed by atoms with E-state index in [-0.39, 0.29) is 24.9 Å². The average molecular weight is 283 g/mol. The van der Waals surface area contributed by atoms with Crippen molar-refractivity contribution in [2.75, 3.05) is 26.2 Å². The number of urea groups is 1. The topological polar surface area (TPSA) is 134 Å². The van der Waals surface area contributed by atoms with E-state index in [1.807, 2.05) is 0 Å². The van der Waals surface area contributed by atoms with Gasteiger partial charge in [-0.2, -0.15) is 0 Å². The van der Waals surface area contributed by atoms with Crippen LogP contribution in [0.25, 0.3) is 0 Å². The van der Waals surface area contributed by atoms with Gasteiger partial charge in [0.2, 0.25) is 11.8 Å². The molecule has 0 aromatic heterocycles. The first-order valence-corrected chi connectivity index (χ1v) is 6.35. The first-order chi connectivity index (χ1) is 9.47. The summed E-state index contributed by atoms with van der Waals surface area (Å²) in [6, 6.07) is -0.495. The van der Waals surface area contributed by atoms with Gasteiger partial charge < -0.3 is 21.3 Å². The van der Waals surface area contributed by atoms with E-state index in [2.05, 4.69) is 16.0 Å². The molecular formula is C11H17N5O4. The summed E-state index contributed by atoms with van der Waals surface area (Å²) in [4.78, 5) is 47.3. The number of rotatable bonds is 3. The van der Waals surface area contributed by atoms with Crippen LogP contribution in [0.3, 0.4) is 0 Å². The third kappa shape index (κ3) is 2.72. The molecule has 1 spiro atoms. The summed E-state index contributed by atoms with van der Waals surface area (Å²) >= 11 is 0. The molecule has 0 aromatic carbocycles. The lowest BCUT2D eigenvalue weighted by Crippen LogP contribution is -2.56. The Morgan fingerprint density at radius 2 is 1.95 bits per heavy atom. The monoisotopic (exact) mass is 283 g/mol. The van der Waals surface area contributed by atoms with Crippen LogP contribution in [0.4, 0.5) is 4.79 Å². The Bertz CT molecular complexity index is 456. The zero-order valence-electron chi connectivity index (χ0n) is 10.9. The zero-order chi connectivity index (χ0) is 14.8. The molecule has 2 heterocycles. The Hall–Kier alpha value is -2.16. The van der Waals surface area contributed by atoms with Crippen LogP contribution in [0.1, 0.15) is 12.8 Å². The summed E-state index contributed by atoms with van der Waals surface area (Å²) in [5.41, 5.74) is 4.23. The quantitative estimate of drug-likeness (QED) is 0.417. The lowest BCUT2D eigenvalue weighted by atomic mass is 9.88. The molecule has 2 aliphatic rings. The molecule has 0 radical (unpaired) electrons. The molecule has 2 rings (SSSR count). The SMILES string of the molecule is NCC(=O)NCC(=O)N1CCC2(CC1)NC(=O)NC2=O. The third-order valence-electron chi connectivity index (χ3n) is 3.61. The molecule has 5 amide bonds. The van der Waals surface area contributed by atoms with Gasteiger partial charge >= 0.3 is 6.03 Å². The second-order valence-corrected chi connectivity index (χ2v) is 4.85. The number of nitrogens with one attached hydrogen (secondary N) is 3. The second-order valence-electron chi connectivity index (χ2n) is 4.85. The van der Waals surface area contributed by atoms with Crippen molar-refractivity contribution >= 4 is 23.8 Å².